The van der Waals surface area contributed by atoms with E-state index < -0.39 is 0 Å². The van der Waals surface area contributed by atoms with Crippen LogP contribution in [0.15, 0.2) is 30.3 Å². The number of amides is 1. The molecule has 0 unspecified atom stereocenters. The van der Waals surface area contributed by atoms with Crippen molar-refractivity contribution in [3.8, 4) is 0 Å². The first-order chi connectivity index (χ1) is 12.8. The molecule has 1 N–H and O–H groups in total. The third-order valence-corrected chi connectivity index (χ3v) is 6.05. The lowest BCUT2D eigenvalue weighted by molar-refractivity contribution is 0.0932. The Hall–Kier alpha value is -2.21. The van der Waals surface area contributed by atoms with E-state index in [0.29, 0.717) is 24.2 Å². The molecule has 26 heavy (non-hydrogen) atoms. The topological polar surface area (TPSA) is 63.1 Å². The number of hydrogen-bond acceptors (Lipinski definition) is 4. The van der Waals surface area contributed by atoms with Crippen LogP contribution in [0.3, 0.4) is 0 Å². The van der Waals surface area contributed by atoms with Crippen molar-refractivity contribution in [1.29, 1.82) is 0 Å². The number of carbonyl (C=O) groups is 1. The highest BCUT2D eigenvalue weighted by molar-refractivity contribution is 5.90. The molecule has 2 aromatic rings. The van der Waals surface area contributed by atoms with Gasteiger partial charge in [0.15, 0.2) is 0 Å². The van der Waals surface area contributed by atoms with Gasteiger partial charge in [0.25, 0.3) is 5.91 Å². The van der Waals surface area contributed by atoms with Crippen molar-refractivity contribution < 1.29 is 4.79 Å². The van der Waals surface area contributed by atoms with Gasteiger partial charge in [-0.1, -0.05) is 30.3 Å². The predicted molar refractivity (Wildman–Crippen MR) is 97.5 cm³/mol. The van der Waals surface area contributed by atoms with Crippen LogP contribution < -0.4 is 5.32 Å². The number of carbonyl (C=O) groups excluding carboxylic acids is 1. The third-order valence-electron chi connectivity index (χ3n) is 6.05. The summed E-state index contributed by atoms with van der Waals surface area (Å²) in [5.41, 5.74) is 1.09. The minimum atomic E-state index is -0.126. The molecule has 3 heterocycles. The molecule has 0 spiro atoms. The largest absolute Gasteiger partial charge is 0.345 e. The van der Waals surface area contributed by atoms with E-state index in [2.05, 4.69) is 25.0 Å². The summed E-state index contributed by atoms with van der Waals surface area (Å²) in [5.74, 6) is 3.55. The Morgan fingerprint density at radius 1 is 1.08 bits per heavy atom. The van der Waals surface area contributed by atoms with Crippen LogP contribution in [-0.2, 0) is 19.5 Å². The Kier molecular flexibility index (Phi) is 4.00. The van der Waals surface area contributed by atoms with Crippen molar-refractivity contribution >= 4 is 5.91 Å². The first-order valence-electron chi connectivity index (χ1n) is 9.73. The van der Waals surface area contributed by atoms with Gasteiger partial charge in [-0.25, -0.2) is 0 Å². The molecule has 1 saturated carbocycles. The zero-order valence-electron chi connectivity index (χ0n) is 15.0. The highest BCUT2D eigenvalue weighted by atomic mass is 16.2. The second kappa shape index (κ2) is 6.50. The van der Waals surface area contributed by atoms with Crippen LogP contribution in [0.25, 0.3) is 0 Å². The van der Waals surface area contributed by atoms with E-state index in [1.165, 1.54) is 25.9 Å². The first kappa shape index (κ1) is 16.0. The van der Waals surface area contributed by atoms with Crippen molar-refractivity contribution in [2.45, 2.75) is 32.4 Å². The van der Waals surface area contributed by atoms with Crippen molar-refractivity contribution in [3.05, 3.63) is 47.5 Å². The quantitative estimate of drug-likeness (QED) is 0.891. The van der Waals surface area contributed by atoms with Crippen molar-refractivity contribution in [3.63, 3.8) is 0 Å². The zero-order chi connectivity index (χ0) is 17.5. The summed E-state index contributed by atoms with van der Waals surface area (Å²) in [4.78, 5) is 15.2. The van der Waals surface area contributed by atoms with Crippen molar-refractivity contribution in [2.24, 2.45) is 17.8 Å². The maximum absolute atomic E-state index is 12.6. The SMILES string of the molecule is O=C(NCc1ccccc1)c1nnc2n1C[C@H]1CN(CC3CC3)C[C@@H]1C2. The lowest BCUT2D eigenvalue weighted by Crippen LogP contribution is -2.32. The maximum Gasteiger partial charge on any atom is 0.289 e. The molecule has 1 amide bonds. The van der Waals surface area contributed by atoms with Gasteiger partial charge in [0, 0.05) is 39.1 Å². The van der Waals surface area contributed by atoms with Crippen LogP contribution >= 0.6 is 0 Å². The van der Waals surface area contributed by atoms with E-state index >= 15 is 0 Å². The summed E-state index contributed by atoms with van der Waals surface area (Å²) in [6.07, 6.45) is 3.76. The molecule has 2 aliphatic heterocycles. The number of nitrogens with one attached hydrogen (secondary N) is 1. The van der Waals surface area contributed by atoms with Gasteiger partial charge in [0.1, 0.15) is 5.82 Å². The Bertz CT molecular complexity index is 798. The molecule has 6 heteroatoms. The molecule has 136 valence electrons. The molecular weight excluding hydrogens is 326 g/mol. The Morgan fingerprint density at radius 2 is 1.88 bits per heavy atom. The molecule has 1 aliphatic carbocycles. The zero-order valence-corrected chi connectivity index (χ0v) is 15.0. The summed E-state index contributed by atoms with van der Waals surface area (Å²) >= 11 is 0. The van der Waals surface area contributed by atoms with Gasteiger partial charge in [-0.2, -0.15) is 0 Å². The molecular formula is C20H25N5O. The minimum absolute atomic E-state index is 0.126. The van der Waals surface area contributed by atoms with E-state index in [-0.39, 0.29) is 5.91 Å². The third kappa shape index (κ3) is 3.14. The molecule has 3 aliphatic rings. The van der Waals surface area contributed by atoms with Gasteiger partial charge < -0.3 is 14.8 Å². The minimum Gasteiger partial charge on any atom is -0.345 e. The summed E-state index contributed by atoms with van der Waals surface area (Å²) in [6, 6.07) is 9.96. The van der Waals surface area contributed by atoms with Crippen LogP contribution in [0, 0.1) is 17.8 Å². The summed E-state index contributed by atoms with van der Waals surface area (Å²) in [7, 11) is 0. The molecule has 2 atom stereocenters. The molecule has 0 bridgehead atoms. The average Bonchev–Trinajstić information content (AvgIpc) is 3.24. The second-order valence-corrected chi connectivity index (χ2v) is 8.10. The van der Waals surface area contributed by atoms with Crippen LogP contribution in [0.5, 0.6) is 0 Å². The maximum atomic E-state index is 12.6. The lowest BCUT2D eigenvalue weighted by atomic mass is 9.89. The molecule has 2 fully saturated rings. The van der Waals surface area contributed by atoms with Crippen LogP contribution in [-0.4, -0.2) is 45.2 Å². The van der Waals surface area contributed by atoms with E-state index in [9.17, 15) is 4.79 Å². The first-order valence-corrected chi connectivity index (χ1v) is 9.73. The number of benzene rings is 1. The van der Waals surface area contributed by atoms with Gasteiger partial charge >= 0.3 is 0 Å². The normalized spacial score (nSPS) is 24.9. The monoisotopic (exact) mass is 351 g/mol. The fourth-order valence-electron chi connectivity index (χ4n) is 4.46. The highest BCUT2D eigenvalue weighted by Crippen LogP contribution is 2.36. The van der Waals surface area contributed by atoms with Crippen LogP contribution in [0.1, 0.15) is 34.8 Å². The predicted octanol–water partition coefficient (Wildman–Crippen LogP) is 1.72. The highest BCUT2D eigenvalue weighted by Gasteiger charge is 2.40. The number of fused-ring (bicyclic) bond motifs is 2. The summed E-state index contributed by atoms with van der Waals surface area (Å²) in [6.45, 7) is 5.00. The fourth-order valence-corrected chi connectivity index (χ4v) is 4.46. The number of nitrogens with zero attached hydrogens (tertiary/aromatic N) is 4. The molecule has 6 nitrogen and oxygen atoms in total. The molecule has 1 saturated heterocycles. The van der Waals surface area contributed by atoms with E-state index in [0.717, 1.165) is 36.8 Å². The average molecular weight is 351 g/mol. The van der Waals surface area contributed by atoms with Gasteiger partial charge in [0.05, 0.1) is 0 Å². The Balaban J connectivity index is 1.25. The van der Waals surface area contributed by atoms with Crippen molar-refractivity contribution in [2.75, 3.05) is 19.6 Å². The van der Waals surface area contributed by atoms with E-state index in [1.807, 2.05) is 30.3 Å². The second-order valence-electron chi connectivity index (χ2n) is 8.10. The molecule has 1 aromatic carbocycles. The van der Waals surface area contributed by atoms with Gasteiger partial charge in [-0.15, -0.1) is 10.2 Å². The summed E-state index contributed by atoms with van der Waals surface area (Å²) in [5, 5.41) is 11.5. The van der Waals surface area contributed by atoms with Gasteiger partial charge in [-0.05, 0) is 36.2 Å². The van der Waals surface area contributed by atoms with Gasteiger partial charge in [0.2, 0.25) is 5.82 Å². The molecule has 5 rings (SSSR count). The summed E-state index contributed by atoms with van der Waals surface area (Å²) < 4.78 is 2.06. The van der Waals surface area contributed by atoms with Crippen LogP contribution in [0.4, 0.5) is 0 Å². The number of likely N-dealkylation sites (tertiary alicyclic amines) is 1. The molecule has 1 aromatic heterocycles. The number of aromatic nitrogens is 3. The Morgan fingerprint density at radius 3 is 2.69 bits per heavy atom. The smallest absolute Gasteiger partial charge is 0.289 e. The van der Waals surface area contributed by atoms with Crippen molar-refractivity contribution in [1.82, 2.24) is 25.0 Å². The van der Waals surface area contributed by atoms with E-state index in [4.69, 9.17) is 0 Å². The fraction of sp³-hybridized carbons (Fsp3) is 0.550. The Labute approximate surface area is 153 Å². The van der Waals surface area contributed by atoms with Crippen LogP contribution in [0.2, 0.25) is 0 Å². The number of rotatable bonds is 5. The number of hydrogen-bond donors (Lipinski definition) is 1. The van der Waals surface area contributed by atoms with Gasteiger partial charge in [-0.3, -0.25) is 4.79 Å². The van der Waals surface area contributed by atoms with E-state index in [1.54, 1.807) is 0 Å². The molecule has 0 radical (unpaired) electrons. The lowest BCUT2D eigenvalue weighted by Gasteiger charge is -2.25. The standard InChI is InChI=1S/C20H25N5O/c26-20(21-9-14-4-2-1-3-5-14)19-23-22-18-8-16-11-24(10-15-6-7-15)12-17(16)13-25(18)19/h1-5,15-17H,6-13H2,(H,21,26)/t16-,17+/m0/s1.